The fourth-order valence-corrected chi connectivity index (χ4v) is 2.35. The predicted molar refractivity (Wildman–Crippen MR) is 84.3 cm³/mol. The Balaban J connectivity index is 2.20. The second kappa shape index (κ2) is 6.22. The van der Waals surface area contributed by atoms with Gasteiger partial charge in [-0.1, -0.05) is 25.5 Å². The molecule has 0 bridgehead atoms. The Labute approximate surface area is 122 Å². The third kappa shape index (κ3) is 3.25. The number of anilines is 2. The number of imidazole rings is 1. The second-order valence-corrected chi connectivity index (χ2v) is 5.52. The average Bonchev–Trinajstić information content (AvgIpc) is 2.70. The van der Waals surface area contributed by atoms with Crippen LogP contribution in [0.1, 0.15) is 25.5 Å². The van der Waals surface area contributed by atoms with Crippen molar-refractivity contribution in [3.05, 3.63) is 39.7 Å². The largest absolute Gasteiger partial charge is 0.325 e. The van der Waals surface area contributed by atoms with Crippen LogP contribution in [0, 0.1) is 10.5 Å². The van der Waals surface area contributed by atoms with Gasteiger partial charge in [0.25, 0.3) is 0 Å². The number of benzene rings is 1. The lowest BCUT2D eigenvalue weighted by Crippen LogP contribution is -2.04. The number of rotatable bonds is 5. The summed E-state index contributed by atoms with van der Waals surface area (Å²) in [6.45, 7) is 5.25. The first-order valence-corrected chi connectivity index (χ1v) is 7.34. The molecule has 0 saturated carbocycles. The van der Waals surface area contributed by atoms with Gasteiger partial charge in [-0.15, -0.1) is 0 Å². The quantitative estimate of drug-likeness (QED) is 0.809. The molecule has 0 aliphatic carbocycles. The van der Waals surface area contributed by atoms with Gasteiger partial charge in [-0.2, -0.15) is 0 Å². The van der Waals surface area contributed by atoms with Crippen molar-refractivity contribution in [2.45, 2.75) is 33.2 Å². The first-order valence-electron chi connectivity index (χ1n) is 6.26. The lowest BCUT2D eigenvalue weighted by Gasteiger charge is -2.10. The van der Waals surface area contributed by atoms with Crippen molar-refractivity contribution >= 4 is 34.2 Å². The molecule has 0 radical (unpaired) electrons. The maximum atomic E-state index is 4.55. The molecular formula is C14H18IN3. The normalized spacial score (nSPS) is 10.6. The van der Waals surface area contributed by atoms with Crippen LogP contribution < -0.4 is 5.32 Å². The Morgan fingerprint density at radius 2 is 2.11 bits per heavy atom. The summed E-state index contributed by atoms with van der Waals surface area (Å²) in [4.78, 5) is 4.55. The van der Waals surface area contributed by atoms with Crippen molar-refractivity contribution in [1.82, 2.24) is 9.55 Å². The van der Waals surface area contributed by atoms with Crippen molar-refractivity contribution in [3.8, 4) is 0 Å². The van der Waals surface area contributed by atoms with Gasteiger partial charge in [-0.25, -0.2) is 4.98 Å². The van der Waals surface area contributed by atoms with Crippen LogP contribution >= 0.6 is 22.6 Å². The van der Waals surface area contributed by atoms with E-state index in [1.165, 1.54) is 16.4 Å². The van der Waals surface area contributed by atoms with Crippen LogP contribution in [-0.4, -0.2) is 9.55 Å². The summed E-state index contributed by atoms with van der Waals surface area (Å²) in [6, 6.07) is 8.25. The van der Waals surface area contributed by atoms with E-state index in [2.05, 4.69) is 62.7 Å². The first kappa shape index (κ1) is 13.4. The van der Waals surface area contributed by atoms with Crippen LogP contribution in [-0.2, 0) is 6.54 Å². The summed E-state index contributed by atoms with van der Waals surface area (Å²) in [6.07, 6.45) is 4.48. The highest BCUT2D eigenvalue weighted by Crippen LogP contribution is 2.22. The minimum absolute atomic E-state index is 0.935. The SMILES string of the molecule is CCCCn1cc(C)nc1Nc1ccccc1I. The fraction of sp³-hybridized carbons (Fsp3) is 0.357. The van der Waals surface area contributed by atoms with Crippen LogP contribution in [0.15, 0.2) is 30.5 Å². The van der Waals surface area contributed by atoms with Gasteiger partial charge in [0.1, 0.15) is 0 Å². The van der Waals surface area contributed by atoms with Crippen molar-refractivity contribution in [2.24, 2.45) is 0 Å². The maximum absolute atomic E-state index is 4.55. The zero-order chi connectivity index (χ0) is 13.0. The highest BCUT2D eigenvalue weighted by atomic mass is 127. The average molecular weight is 355 g/mol. The van der Waals surface area contributed by atoms with Crippen LogP contribution in [0.5, 0.6) is 0 Å². The highest BCUT2D eigenvalue weighted by Gasteiger charge is 2.07. The topological polar surface area (TPSA) is 29.9 Å². The van der Waals surface area contributed by atoms with Crippen molar-refractivity contribution in [2.75, 3.05) is 5.32 Å². The van der Waals surface area contributed by atoms with Gasteiger partial charge in [0.2, 0.25) is 5.95 Å². The van der Waals surface area contributed by atoms with Gasteiger partial charge in [-0.3, -0.25) is 0 Å². The van der Waals surface area contributed by atoms with Crippen molar-refractivity contribution < 1.29 is 0 Å². The van der Waals surface area contributed by atoms with Gasteiger partial charge < -0.3 is 9.88 Å². The molecule has 4 heteroatoms. The van der Waals surface area contributed by atoms with Crippen molar-refractivity contribution in [3.63, 3.8) is 0 Å². The summed E-state index contributed by atoms with van der Waals surface area (Å²) >= 11 is 2.33. The highest BCUT2D eigenvalue weighted by molar-refractivity contribution is 14.1. The van der Waals surface area contributed by atoms with Crippen LogP contribution in [0.4, 0.5) is 11.6 Å². The molecule has 2 aromatic rings. The Bertz CT molecular complexity index is 520. The summed E-state index contributed by atoms with van der Waals surface area (Å²) < 4.78 is 3.40. The number of nitrogens with one attached hydrogen (secondary N) is 1. The lowest BCUT2D eigenvalue weighted by molar-refractivity contribution is 0.637. The van der Waals surface area contributed by atoms with E-state index in [9.17, 15) is 0 Å². The minimum atomic E-state index is 0.935. The van der Waals surface area contributed by atoms with Crippen LogP contribution in [0.2, 0.25) is 0 Å². The summed E-state index contributed by atoms with van der Waals surface area (Å²) in [5, 5.41) is 3.41. The molecule has 1 aromatic carbocycles. The maximum Gasteiger partial charge on any atom is 0.207 e. The van der Waals surface area contributed by atoms with Crippen LogP contribution in [0.25, 0.3) is 0 Å². The van der Waals surface area contributed by atoms with Gasteiger partial charge in [0, 0.05) is 16.3 Å². The molecule has 1 N–H and O–H groups in total. The third-order valence-corrected chi connectivity index (χ3v) is 3.71. The summed E-state index contributed by atoms with van der Waals surface area (Å²) in [5.41, 5.74) is 2.17. The van der Waals surface area contributed by atoms with Crippen molar-refractivity contribution in [1.29, 1.82) is 0 Å². The van der Waals surface area contributed by atoms with E-state index in [0.29, 0.717) is 0 Å². The molecule has 0 unspecified atom stereocenters. The number of aromatic nitrogens is 2. The molecule has 0 saturated heterocycles. The first-order chi connectivity index (χ1) is 8.70. The molecule has 18 heavy (non-hydrogen) atoms. The van der Waals surface area contributed by atoms with E-state index in [0.717, 1.165) is 23.9 Å². The van der Waals surface area contributed by atoms with Gasteiger partial charge >= 0.3 is 0 Å². The van der Waals surface area contributed by atoms with E-state index in [1.54, 1.807) is 0 Å². The van der Waals surface area contributed by atoms with Gasteiger partial charge in [0.05, 0.1) is 11.4 Å². The van der Waals surface area contributed by atoms with Gasteiger partial charge in [0.15, 0.2) is 0 Å². The number of aryl methyl sites for hydroxylation is 2. The molecule has 0 spiro atoms. The van der Waals surface area contributed by atoms with Crippen LogP contribution in [0.3, 0.4) is 0 Å². The summed E-state index contributed by atoms with van der Waals surface area (Å²) in [5.74, 6) is 0.935. The molecule has 1 aromatic heterocycles. The molecule has 0 aliphatic rings. The molecule has 0 fully saturated rings. The second-order valence-electron chi connectivity index (χ2n) is 4.36. The predicted octanol–water partition coefficient (Wildman–Crippen LogP) is 4.34. The number of hydrogen-bond donors (Lipinski definition) is 1. The monoisotopic (exact) mass is 355 g/mol. The Morgan fingerprint density at radius 3 is 2.83 bits per heavy atom. The smallest absolute Gasteiger partial charge is 0.207 e. The number of unbranched alkanes of at least 4 members (excludes halogenated alkanes) is 1. The molecule has 0 amide bonds. The van der Waals surface area contributed by atoms with E-state index in [-0.39, 0.29) is 0 Å². The standard InChI is InChI=1S/C14H18IN3/c1-3-4-9-18-10-11(2)16-14(18)17-13-8-6-5-7-12(13)15/h5-8,10H,3-4,9H2,1-2H3,(H,16,17). The zero-order valence-electron chi connectivity index (χ0n) is 10.8. The Morgan fingerprint density at radius 1 is 1.33 bits per heavy atom. The molecule has 1 heterocycles. The Hall–Kier alpha value is -1.04. The van der Waals surface area contributed by atoms with E-state index in [4.69, 9.17) is 0 Å². The number of para-hydroxylation sites is 1. The molecule has 3 nitrogen and oxygen atoms in total. The third-order valence-electron chi connectivity index (χ3n) is 2.77. The molecule has 96 valence electrons. The number of hydrogen-bond acceptors (Lipinski definition) is 2. The van der Waals surface area contributed by atoms with E-state index >= 15 is 0 Å². The molecule has 0 atom stereocenters. The fourth-order valence-electron chi connectivity index (χ4n) is 1.83. The lowest BCUT2D eigenvalue weighted by atomic mass is 10.3. The molecule has 2 rings (SSSR count). The van der Waals surface area contributed by atoms with E-state index < -0.39 is 0 Å². The molecule has 0 aliphatic heterocycles. The number of halogens is 1. The zero-order valence-corrected chi connectivity index (χ0v) is 12.9. The van der Waals surface area contributed by atoms with E-state index in [1.807, 2.05) is 19.1 Å². The Kier molecular flexibility index (Phi) is 4.63. The number of nitrogens with zero attached hydrogens (tertiary/aromatic N) is 2. The summed E-state index contributed by atoms with van der Waals surface area (Å²) in [7, 11) is 0. The minimum Gasteiger partial charge on any atom is -0.325 e. The molecular weight excluding hydrogens is 337 g/mol. The van der Waals surface area contributed by atoms with Gasteiger partial charge in [-0.05, 0) is 48.1 Å².